The van der Waals surface area contributed by atoms with Crippen molar-refractivity contribution in [3.63, 3.8) is 0 Å². The second kappa shape index (κ2) is 15.2. The van der Waals surface area contributed by atoms with Gasteiger partial charge >= 0.3 is 0 Å². The third kappa shape index (κ3) is 9.13. The summed E-state index contributed by atoms with van der Waals surface area (Å²) in [6.45, 7) is 7.11. The number of anilines is 1. The SMILES string of the molecule is COc1ccc(N(CC(=O)N(Cc2ccc(C)cc2)[C@@H](Cc2ccccc2)C(=O)NC(C)(C)C)S(=O)(=O)c2ccccc2)cc1OC. The molecule has 0 aromatic heterocycles. The van der Waals surface area contributed by atoms with E-state index in [1.54, 1.807) is 30.3 Å². The van der Waals surface area contributed by atoms with E-state index in [1.807, 2.05) is 82.3 Å². The van der Waals surface area contributed by atoms with E-state index in [4.69, 9.17) is 9.47 Å². The largest absolute Gasteiger partial charge is 0.493 e. The van der Waals surface area contributed by atoms with Crippen molar-refractivity contribution in [2.24, 2.45) is 0 Å². The van der Waals surface area contributed by atoms with Gasteiger partial charge in [0, 0.05) is 24.6 Å². The molecule has 0 spiro atoms. The highest BCUT2D eigenvalue weighted by atomic mass is 32.2. The summed E-state index contributed by atoms with van der Waals surface area (Å²) in [5, 5.41) is 3.04. The van der Waals surface area contributed by atoms with E-state index in [-0.39, 0.29) is 29.5 Å². The summed E-state index contributed by atoms with van der Waals surface area (Å²) in [6, 6.07) is 28.8. The first-order valence-electron chi connectivity index (χ1n) is 15.3. The Morgan fingerprint density at radius 1 is 0.787 bits per heavy atom. The number of ether oxygens (including phenoxy) is 2. The van der Waals surface area contributed by atoms with E-state index in [9.17, 15) is 18.0 Å². The average molecular weight is 658 g/mol. The predicted molar refractivity (Wildman–Crippen MR) is 184 cm³/mol. The number of rotatable bonds is 13. The maximum absolute atomic E-state index is 14.6. The summed E-state index contributed by atoms with van der Waals surface area (Å²) in [5.74, 6) is -0.189. The van der Waals surface area contributed by atoms with E-state index < -0.39 is 34.1 Å². The molecule has 10 heteroatoms. The Labute approximate surface area is 278 Å². The lowest BCUT2D eigenvalue weighted by Gasteiger charge is -2.35. The van der Waals surface area contributed by atoms with Crippen LogP contribution in [0.4, 0.5) is 5.69 Å². The third-order valence-electron chi connectivity index (χ3n) is 7.51. The topological polar surface area (TPSA) is 105 Å². The molecule has 4 aromatic carbocycles. The van der Waals surface area contributed by atoms with Gasteiger partial charge in [0.15, 0.2) is 11.5 Å². The fraction of sp³-hybridized carbons (Fsp3) is 0.297. The van der Waals surface area contributed by atoms with E-state index in [0.717, 1.165) is 21.0 Å². The first-order valence-corrected chi connectivity index (χ1v) is 16.8. The van der Waals surface area contributed by atoms with Gasteiger partial charge in [-0.05, 0) is 63.1 Å². The lowest BCUT2D eigenvalue weighted by molar-refractivity contribution is -0.140. The number of nitrogens with zero attached hydrogens (tertiary/aromatic N) is 2. The molecule has 0 unspecified atom stereocenters. The number of sulfonamides is 1. The molecule has 1 atom stereocenters. The molecule has 9 nitrogen and oxygen atoms in total. The Hall–Kier alpha value is -4.83. The fourth-order valence-corrected chi connectivity index (χ4v) is 6.55. The fourth-order valence-electron chi connectivity index (χ4n) is 5.13. The zero-order valence-corrected chi connectivity index (χ0v) is 28.6. The molecule has 4 rings (SSSR count). The molecule has 4 aromatic rings. The molecule has 0 heterocycles. The van der Waals surface area contributed by atoms with E-state index in [0.29, 0.717) is 11.5 Å². The quantitative estimate of drug-likeness (QED) is 0.196. The Kier molecular flexibility index (Phi) is 11.3. The van der Waals surface area contributed by atoms with Gasteiger partial charge in [-0.1, -0.05) is 78.4 Å². The Bertz CT molecular complexity index is 1760. The highest BCUT2D eigenvalue weighted by molar-refractivity contribution is 7.92. The van der Waals surface area contributed by atoms with Crippen molar-refractivity contribution >= 4 is 27.5 Å². The molecule has 248 valence electrons. The highest BCUT2D eigenvalue weighted by Crippen LogP contribution is 2.34. The second-order valence-corrected chi connectivity index (χ2v) is 14.2. The number of aryl methyl sites for hydroxylation is 1. The number of hydrogen-bond acceptors (Lipinski definition) is 6. The summed E-state index contributed by atoms with van der Waals surface area (Å²) in [6.07, 6.45) is 0.224. The highest BCUT2D eigenvalue weighted by Gasteiger charge is 2.36. The van der Waals surface area contributed by atoms with Crippen molar-refractivity contribution in [1.82, 2.24) is 10.2 Å². The monoisotopic (exact) mass is 657 g/mol. The van der Waals surface area contributed by atoms with Crippen molar-refractivity contribution in [3.8, 4) is 11.5 Å². The Morgan fingerprint density at radius 2 is 1.38 bits per heavy atom. The molecule has 0 bridgehead atoms. The molecule has 1 N–H and O–H groups in total. The standard InChI is InChI=1S/C37H43N3O6S/c1-27-17-19-29(20-18-27)25-39(32(36(42)38-37(2,3)4)23-28-13-9-7-10-14-28)35(41)26-40(47(43,44)31-15-11-8-12-16-31)30-21-22-33(45-5)34(24-30)46-6/h7-22,24,32H,23,25-26H2,1-6H3,(H,38,42)/t32-/m0/s1. The van der Waals surface area contributed by atoms with Crippen LogP contribution in [0, 0.1) is 6.92 Å². The van der Waals surface area contributed by atoms with E-state index in [1.165, 1.54) is 37.3 Å². The van der Waals surface area contributed by atoms with Gasteiger partial charge in [0.2, 0.25) is 11.8 Å². The van der Waals surface area contributed by atoms with Crippen LogP contribution in [0.1, 0.15) is 37.5 Å². The number of nitrogens with one attached hydrogen (secondary N) is 1. The summed E-state index contributed by atoms with van der Waals surface area (Å²) in [4.78, 5) is 30.1. The molecule has 47 heavy (non-hydrogen) atoms. The average Bonchev–Trinajstić information content (AvgIpc) is 3.05. The lowest BCUT2D eigenvalue weighted by atomic mass is 10.0. The van der Waals surface area contributed by atoms with Crippen LogP contribution in [-0.4, -0.2) is 57.5 Å². The Morgan fingerprint density at radius 3 is 1.96 bits per heavy atom. The summed E-state index contributed by atoms with van der Waals surface area (Å²) >= 11 is 0. The molecule has 0 fully saturated rings. The molecule has 0 aliphatic carbocycles. The van der Waals surface area contributed by atoms with E-state index in [2.05, 4.69) is 5.32 Å². The molecular weight excluding hydrogens is 614 g/mol. The van der Waals surface area contributed by atoms with Gasteiger partial charge in [0.1, 0.15) is 12.6 Å². The number of benzene rings is 4. The van der Waals surface area contributed by atoms with Crippen LogP contribution in [0.2, 0.25) is 0 Å². The number of hydrogen-bond donors (Lipinski definition) is 1. The zero-order valence-electron chi connectivity index (χ0n) is 27.8. The molecular formula is C37H43N3O6S. The first-order chi connectivity index (χ1) is 22.3. The van der Waals surface area contributed by atoms with Crippen LogP contribution in [0.25, 0.3) is 0 Å². The van der Waals surface area contributed by atoms with Gasteiger partial charge in [-0.15, -0.1) is 0 Å². The first kappa shape index (κ1) is 35.0. The van der Waals surface area contributed by atoms with Gasteiger partial charge < -0.3 is 19.7 Å². The molecule has 0 radical (unpaired) electrons. The second-order valence-electron chi connectivity index (χ2n) is 12.3. The summed E-state index contributed by atoms with van der Waals surface area (Å²) in [7, 11) is -1.31. The molecule has 0 saturated carbocycles. The lowest BCUT2D eigenvalue weighted by Crippen LogP contribution is -2.56. The molecule has 2 amide bonds. The van der Waals surface area contributed by atoms with Gasteiger partial charge in [-0.2, -0.15) is 0 Å². The summed E-state index contributed by atoms with van der Waals surface area (Å²) in [5.41, 5.74) is 2.33. The van der Waals surface area contributed by atoms with E-state index >= 15 is 0 Å². The van der Waals surface area contributed by atoms with Crippen molar-refractivity contribution in [1.29, 1.82) is 0 Å². The van der Waals surface area contributed by atoms with Gasteiger partial charge in [0.05, 0.1) is 24.8 Å². The van der Waals surface area contributed by atoms with Crippen LogP contribution in [0.5, 0.6) is 11.5 Å². The van der Waals surface area contributed by atoms with Crippen molar-refractivity contribution in [3.05, 3.63) is 120 Å². The number of carbonyl (C=O) groups is 2. The number of methoxy groups -OCH3 is 2. The summed E-state index contributed by atoms with van der Waals surface area (Å²) < 4.78 is 40.4. The minimum Gasteiger partial charge on any atom is -0.493 e. The third-order valence-corrected chi connectivity index (χ3v) is 9.30. The predicted octanol–water partition coefficient (Wildman–Crippen LogP) is 5.76. The van der Waals surface area contributed by atoms with Crippen molar-refractivity contribution in [2.45, 2.75) is 57.1 Å². The Balaban J connectivity index is 1.84. The zero-order chi connectivity index (χ0) is 34.2. The molecule has 0 aliphatic rings. The molecule has 0 saturated heterocycles. The number of amides is 2. The van der Waals surface area contributed by atoms with Gasteiger partial charge in [0.25, 0.3) is 10.0 Å². The van der Waals surface area contributed by atoms with Crippen LogP contribution in [0.15, 0.2) is 108 Å². The normalized spacial score (nSPS) is 12.1. The van der Waals surface area contributed by atoms with Crippen LogP contribution in [0.3, 0.4) is 0 Å². The smallest absolute Gasteiger partial charge is 0.264 e. The van der Waals surface area contributed by atoms with Crippen LogP contribution >= 0.6 is 0 Å². The maximum Gasteiger partial charge on any atom is 0.264 e. The van der Waals surface area contributed by atoms with Gasteiger partial charge in [-0.3, -0.25) is 13.9 Å². The minimum absolute atomic E-state index is 0.0129. The van der Waals surface area contributed by atoms with Crippen molar-refractivity contribution < 1.29 is 27.5 Å². The molecule has 0 aliphatic heterocycles. The number of carbonyl (C=O) groups excluding carboxylic acids is 2. The van der Waals surface area contributed by atoms with Gasteiger partial charge in [-0.25, -0.2) is 8.42 Å². The minimum atomic E-state index is -4.25. The van der Waals surface area contributed by atoms with Crippen LogP contribution in [-0.2, 0) is 32.6 Å². The van der Waals surface area contributed by atoms with Crippen molar-refractivity contribution in [2.75, 3.05) is 25.1 Å². The van der Waals surface area contributed by atoms with Crippen LogP contribution < -0.4 is 19.1 Å². The maximum atomic E-state index is 14.6.